The number of aromatic nitrogens is 2. The Morgan fingerprint density at radius 1 is 1.42 bits per heavy atom. The molecule has 100 valence electrons. The number of rotatable bonds is 4. The van der Waals surface area contributed by atoms with E-state index in [2.05, 4.69) is 14.9 Å². The fourth-order valence-corrected chi connectivity index (χ4v) is 2.40. The van der Waals surface area contributed by atoms with E-state index in [1.54, 1.807) is 0 Å². The number of carbonyl (C=O) groups is 1. The van der Waals surface area contributed by atoms with Gasteiger partial charge in [-0.15, -0.1) is 0 Å². The van der Waals surface area contributed by atoms with Crippen LogP contribution in [0.15, 0.2) is 35.5 Å². The molecule has 19 heavy (non-hydrogen) atoms. The van der Waals surface area contributed by atoms with Gasteiger partial charge >= 0.3 is 5.97 Å². The van der Waals surface area contributed by atoms with E-state index in [0.717, 1.165) is 6.20 Å². The number of nitrogens with two attached hydrogens (primary N) is 1. The Morgan fingerprint density at radius 2 is 2.16 bits per heavy atom. The summed E-state index contributed by atoms with van der Waals surface area (Å²) in [5.74, 6) is -1.26. The SMILES string of the molecule is Nc1ccc(C(=O)O)c(NS(=O)(=O)c2cn[nH]c2)c1. The predicted octanol–water partition coefficient (Wildman–Crippen LogP) is 0.491. The van der Waals surface area contributed by atoms with Gasteiger partial charge < -0.3 is 10.8 Å². The highest BCUT2D eigenvalue weighted by molar-refractivity contribution is 7.92. The number of hydrogen-bond donors (Lipinski definition) is 4. The van der Waals surface area contributed by atoms with E-state index in [4.69, 9.17) is 10.8 Å². The second-order valence-electron chi connectivity index (χ2n) is 3.65. The van der Waals surface area contributed by atoms with E-state index in [0.29, 0.717) is 0 Å². The summed E-state index contributed by atoms with van der Waals surface area (Å²) >= 11 is 0. The molecular formula is C10H10N4O4S. The largest absolute Gasteiger partial charge is 0.478 e. The summed E-state index contributed by atoms with van der Waals surface area (Å²) in [5.41, 5.74) is 5.47. The summed E-state index contributed by atoms with van der Waals surface area (Å²) in [7, 11) is -3.91. The van der Waals surface area contributed by atoms with Gasteiger partial charge in [-0.1, -0.05) is 0 Å². The highest BCUT2D eigenvalue weighted by Crippen LogP contribution is 2.22. The van der Waals surface area contributed by atoms with Crippen molar-refractivity contribution in [1.29, 1.82) is 0 Å². The molecule has 8 nitrogen and oxygen atoms in total. The van der Waals surface area contributed by atoms with Crippen molar-refractivity contribution in [3.05, 3.63) is 36.2 Å². The van der Waals surface area contributed by atoms with Gasteiger partial charge in [0.2, 0.25) is 0 Å². The molecule has 1 aromatic carbocycles. The van der Waals surface area contributed by atoms with Gasteiger partial charge in [-0.3, -0.25) is 9.82 Å². The number of aromatic amines is 1. The average molecular weight is 282 g/mol. The van der Waals surface area contributed by atoms with Crippen LogP contribution >= 0.6 is 0 Å². The third-order valence-electron chi connectivity index (χ3n) is 2.30. The number of benzene rings is 1. The number of hydrogen-bond acceptors (Lipinski definition) is 5. The van der Waals surface area contributed by atoms with Crippen molar-refractivity contribution in [3.63, 3.8) is 0 Å². The van der Waals surface area contributed by atoms with E-state index in [1.807, 2.05) is 0 Å². The summed E-state index contributed by atoms with van der Waals surface area (Å²) in [6.07, 6.45) is 2.28. The standard InChI is InChI=1S/C10H10N4O4S/c11-6-1-2-8(10(15)16)9(3-6)14-19(17,18)7-4-12-13-5-7/h1-5,14H,11H2,(H,12,13)(H,15,16). The fourth-order valence-electron chi connectivity index (χ4n) is 1.42. The molecule has 0 atom stereocenters. The Bertz CT molecular complexity index is 709. The van der Waals surface area contributed by atoms with Crippen molar-refractivity contribution in [2.24, 2.45) is 0 Å². The maximum Gasteiger partial charge on any atom is 0.337 e. The van der Waals surface area contributed by atoms with Crippen LogP contribution in [0.25, 0.3) is 0 Å². The molecule has 1 aromatic heterocycles. The zero-order chi connectivity index (χ0) is 14.0. The Kier molecular flexibility index (Phi) is 3.13. The van der Waals surface area contributed by atoms with Gasteiger partial charge in [-0.2, -0.15) is 5.10 Å². The number of nitrogens with zero attached hydrogens (tertiary/aromatic N) is 1. The summed E-state index contributed by atoms with van der Waals surface area (Å²) < 4.78 is 26.1. The first kappa shape index (κ1) is 12.9. The molecule has 5 N–H and O–H groups in total. The molecule has 9 heteroatoms. The van der Waals surface area contributed by atoms with Crippen molar-refractivity contribution >= 4 is 27.4 Å². The lowest BCUT2D eigenvalue weighted by Crippen LogP contribution is -2.15. The van der Waals surface area contributed by atoms with E-state index >= 15 is 0 Å². The first-order valence-corrected chi connectivity index (χ1v) is 6.53. The number of sulfonamides is 1. The third kappa shape index (κ3) is 2.65. The van der Waals surface area contributed by atoms with Gasteiger partial charge in [0.1, 0.15) is 4.90 Å². The molecule has 0 fully saturated rings. The van der Waals surface area contributed by atoms with Crippen LogP contribution in [0.1, 0.15) is 10.4 Å². The van der Waals surface area contributed by atoms with Crippen LogP contribution < -0.4 is 10.5 Å². The average Bonchev–Trinajstić information content (AvgIpc) is 2.81. The van der Waals surface area contributed by atoms with Crippen LogP contribution in [0.2, 0.25) is 0 Å². The highest BCUT2D eigenvalue weighted by atomic mass is 32.2. The molecule has 0 aliphatic carbocycles. The second kappa shape index (κ2) is 4.61. The van der Waals surface area contributed by atoms with Gasteiger partial charge in [0.25, 0.3) is 10.0 Å². The maximum absolute atomic E-state index is 11.9. The molecular weight excluding hydrogens is 272 g/mol. The van der Waals surface area contributed by atoms with Gasteiger partial charge in [-0.05, 0) is 18.2 Å². The van der Waals surface area contributed by atoms with Crippen molar-refractivity contribution in [1.82, 2.24) is 10.2 Å². The molecule has 0 amide bonds. The number of nitrogen functional groups attached to an aromatic ring is 1. The molecule has 0 radical (unpaired) electrons. The summed E-state index contributed by atoms with van der Waals surface area (Å²) in [5, 5.41) is 14.9. The van der Waals surface area contributed by atoms with Crippen LogP contribution in [0, 0.1) is 0 Å². The fraction of sp³-hybridized carbons (Fsp3) is 0. The van der Waals surface area contributed by atoms with Crippen LogP contribution in [0.4, 0.5) is 11.4 Å². The van der Waals surface area contributed by atoms with Gasteiger partial charge in [0, 0.05) is 11.9 Å². The first-order valence-electron chi connectivity index (χ1n) is 5.04. The van der Waals surface area contributed by atoms with Crippen molar-refractivity contribution < 1.29 is 18.3 Å². The lowest BCUT2D eigenvalue weighted by Gasteiger charge is -2.09. The normalized spacial score (nSPS) is 11.2. The summed E-state index contributed by atoms with van der Waals surface area (Å²) in [4.78, 5) is 10.9. The van der Waals surface area contributed by atoms with E-state index in [1.165, 1.54) is 24.4 Å². The monoisotopic (exact) mass is 282 g/mol. The minimum absolute atomic E-state index is 0.103. The second-order valence-corrected chi connectivity index (χ2v) is 5.33. The molecule has 0 aliphatic rings. The minimum Gasteiger partial charge on any atom is -0.478 e. The van der Waals surface area contributed by atoms with Crippen LogP contribution in [-0.2, 0) is 10.0 Å². The summed E-state index contributed by atoms with van der Waals surface area (Å²) in [6.45, 7) is 0. The highest BCUT2D eigenvalue weighted by Gasteiger charge is 2.19. The molecule has 2 aromatic rings. The molecule has 0 aliphatic heterocycles. The Labute approximate surface area is 108 Å². The van der Waals surface area contributed by atoms with Crippen LogP contribution in [0.5, 0.6) is 0 Å². The lowest BCUT2D eigenvalue weighted by atomic mass is 10.1. The Balaban J connectivity index is 2.44. The molecule has 0 unspecified atom stereocenters. The number of H-pyrrole nitrogens is 1. The smallest absolute Gasteiger partial charge is 0.337 e. The number of aromatic carboxylic acids is 1. The number of anilines is 2. The summed E-state index contributed by atoms with van der Waals surface area (Å²) in [6, 6.07) is 3.84. The number of carboxylic acid groups (broad SMARTS) is 1. The van der Waals surface area contributed by atoms with E-state index in [9.17, 15) is 13.2 Å². The zero-order valence-electron chi connectivity index (χ0n) is 9.49. The number of carboxylic acids is 1. The predicted molar refractivity (Wildman–Crippen MR) is 67.2 cm³/mol. The molecule has 0 spiro atoms. The van der Waals surface area contributed by atoms with Crippen LogP contribution in [0.3, 0.4) is 0 Å². The first-order chi connectivity index (χ1) is 8.90. The quantitative estimate of drug-likeness (QED) is 0.602. The minimum atomic E-state index is -3.91. The van der Waals surface area contributed by atoms with Gasteiger partial charge in [-0.25, -0.2) is 13.2 Å². The zero-order valence-corrected chi connectivity index (χ0v) is 10.3. The van der Waals surface area contributed by atoms with Gasteiger partial charge in [0.05, 0.1) is 17.4 Å². The van der Waals surface area contributed by atoms with Gasteiger partial charge in [0.15, 0.2) is 0 Å². The Hall–Kier alpha value is -2.55. The van der Waals surface area contributed by atoms with Crippen molar-refractivity contribution in [2.45, 2.75) is 4.90 Å². The molecule has 1 heterocycles. The maximum atomic E-state index is 11.9. The van der Waals surface area contributed by atoms with Crippen LogP contribution in [-0.4, -0.2) is 29.7 Å². The molecule has 2 rings (SSSR count). The van der Waals surface area contributed by atoms with Crippen molar-refractivity contribution in [3.8, 4) is 0 Å². The third-order valence-corrected chi connectivity index (χ3v) is 3.63. The number of nitrogens with one attached hydrogen (secondary N) is 2. The molecule has 0 bridgehead atoms. The Morgan fingerprint density at radius 3 is 2.74 bits per heavy atom. The topological polar surface area (TPSA) is 138 Å². The van der Waals surface area contributed by atoms with E-state index in [-0.39, 0.29) is 21.8 Å². The lowest BCUT2D eigenvalue weighted by molar-refractivity contribution is 0.0698. The van der Waals surface area contributed by atoms with E-state index < -0.39 is 16.0 Å². The molecule has 0 saturated carbocycles. The molecule has 0 saturated heterocycles. The van der Waals surface area contributed by atoms with Crippen molar-refractivity contribution in [2.75, 3.05) is 10.5 Å².